The molecular weight excluding hydrogens is 512 g/mol. The summed E-state index contributed by atoms with van der Waals surface area (Å²) in [6, 6.07) is 30.5. The van der Waals surface area contributed by atoms with E-state index >= 15 is 0 Å². The van der Waals surface area contributed by atoms with Gasteiger partial charge < -0.3 is 9.84 Å². The molecule has 1 aromatic heterocycles. The molecule has 0 saturated carbocycles. The van der Waals surface area contributed by atoms with Crippen LogP contribution in [0.2, 0.25) is 0 Å². The summed E-state index contributed by atoms with van der Waals surface area (Å²) in [5.41, 5.74) is 5.75. The lowest BCUT2D eigenvalue weighted by Crippen LogP contribution is -2.12. The molecule has 0 atom stereocenters. The zero-order chi connectivity index (χ0) is 29.1. The quantitative estimate of drug-likeness (QED) is 0.167. The maximum Gasteiger partial charge on any atom is 0.338 e. The molecule has 206 valence electrons. The van der Waals surface area contributed by atoms with Crippen molar-refractivity contribution in [2.75, 3.05) is 6.61 Å². The van der Waals surface area contributed by atoms with Gasteiger partial charge in [-0.05, 0) is 54.3 Å². The number of nitrogens with zero attached hydrogens (tertiary/aromatic N) is 2. The molecule has 1 heterocycles. The first kappa shape index (κ1) is 27.6. The van der Waals surface area contributed by atoms with Crippen molar-refractivity contribution in [1.82, 2.24) is 9.55 Å². The minimum absolute atomic E-state index is 0.137. The van der Waals surface area contributed by atoms with E-state index in [1.54, 1.807) is 25.1 Å². The highest BCUT2D eigenvalue weighted by molar-refractivity contribution is 5.91. The zero-order valence-electron chi connectivity index (χ0n) is 23.6. The normalized spacial score (nSPS) is 11.3. The van der Waals surface area contributed by atoms with Gasteiger partial charge in [-0.2, -0.15) is 0 Å². The predicted molar refractivity (Wildman–Crippen MR) is 162 cm³/mol. The number of phenols is 1. The van der Waals surface area contributed by atoms with Crippen LogP contribution in [0.25, 0.3) is 39.6 Å². The first-order chi connectivity index (χ1) is 19.7. The molecule has 6 nitrogen and oxygen atoms in total. The van der Waals surface area contributed by atoms with Crippen molar-refractivity contribution in [1.29, 1.82) is 0 Å². The summed E-state index contributed by atoms with van der Waals surface area (Å²) in [6.07, 6.45) is 0.672. The van der Waals surface area contributed by atoms with Gasteiger partial charge in [-0.25, -0.2) is 9.78 Å². The van der Waals surface area contributed by atoms with Crippen molar-refractivity contribution in [2.24, 2.45) is 0 Å². The van der Waals surface area contributed by atoms with Gasteiger partial charge in [0.15, 0.2) is 6.29 Å². The fourth-order valence-corrected chi connectivity index (χ4v) is 4.82. The summed E-state index contributed by atoms with van der Waals surface area (Å²) in [4.78, 5) is 29.6. The van der Waals surface area contributed by atoms with Crippen molar-refractivity contribution in [3.63, 3.8) is 0 Å². The third kappa shape index (κ3) is 5.41. The molecule has 0 unspecified atom stereocenters. The van der Waals surface area contributed by atoms with Gasteiger partial charge in [0.2, 0.25) is 0 Å². The number of aromatic nitrogens is 2. The molecule has 5 rings (SSSR count). The Kier molecular flexibility index (Phi) is 7.58. The number of ether oxygens (including phenoxy) is 1. The molecule has 0 spiro atoms. The number of hydrogen-bond donors (Lipinski definition) is 1. The molecule has 0 radical (unpaired) electrons. The van der Waals surface area contributed by atoms with E-state index in [4.69, 9.17) is 9.72 Å². The highest BCUT2D eigenvalue weighted by atomic mass is 16.5. The van der Waals surface area contributed by atoms with E-state index in [1.807, 2.05) is 83.4 Å². The van der Waals surface area contributed by atoms with E-state index in [9.17, 15) is 14.7 Å². The van der Waals surface area contributed by atoms with Gasteiger partial charge in [0.1, 0.15) is 11.6 Å². The van der Waals surface area contributed by atoms with Gasteiger partial charge >= 0.3 is 5.97 Å². The first-order valence-electron chi connectivity index (χ1n) is 13.6. The van der Waals surface area contributed by atoms with Gasteiger partial charge in [-0.15, -0.1) is 0 Å². The zero-order valence-corrected chi connectivity index (χ0v) is 23.6. The highest BCUT2D eigenvalue weighted by Crippen LogP contribution is 2.43. The Morgan fingerprint density at radius 1 is 0.902 bits per heavy atom. The molecule has 0 aliphatic heterocycles. The minimum Gasteiger partial charge on any atom is -0.506 e. The molecule has 4 aromatic carbocycles. The summed E-state index contributed by atoms with van der Waals surface area (Å²) in [5, 5.41) is 11.4. The van der Waals surface area contributed by atoms with E-state index < -0.39 is 5.97 Å². The van der Waals surface area contributed by atoms with Crippen molar-refractivity contribution in [3.05, 3.63) is 114 Å². The van der Waals surface area contributed by atoms with E-state index in [2.05, 4.69) is 20.8 Å². The van der Waals surface area contributed by atoms with Gasteiger partial charge in [-0.3, -0.25) is 9.36 Å². The van der Waals surface area contributed by atoms with Gasteiger partial charge in [-0.1, -0.05) is 81.4 Å². The third-order valence-electron chi connectivity index (χ3n) is 6.98. The Bertz CT molecular complexity index is 1700. The second kappa shape index (κ2) is 11.3. The predicted octanol–water partition coefficient (Wildman–Crippen LogP) is 7.87. The standard InChI is InChI=1S/C35H32N2O4/c1-5-41-34(40)25-16-18-28(19-17-25)37-31(24-14-10-7-11-15-24)30(23-12-8-6-9-13-23)36-33(37)29-21-27(35(2,3)4)20-26(22-38)32(29)39/h6-22,39H,5H2,1-4H3. The Labute approximate surface area is 239 Å². The van der Waals surface area contributed by atoms with Crippen molar-refractivity contribution >= 4 is 12.3 Å². The van der Waals surface area contributed by atoms with Gasteiger partial charge in [0.25, 0.3) is 0 Å². The number of phenolic OH excluding ortho intramolecular Hbond substituents is 1. The number of carbonyl (C=O) groups excluding carboxylic acids is 2. The first-order valence-corrected chi connectivity index (χ1v) is 13.6. The smallest absolute Gasteiger partial charge is 0.338 e. The van der Waals surface area contributed by atoms with E-state index in [0.29, 0.717) is 23.2 Å². The van der Waals surface area contributed by atoms with Crippen LogP contribution in [0.3, 0.4) is 0 Å². The average Bonchev–Trinajstić information content (AvgIpc) is 3.38. The number of rotatable bonds is 7. The Hall–Kier alpha value is -4.97. The molecule has 41 heavy (non-hydrogen) atoms. The average molecular weight is 545 g/mol. The molecule has 0 bridgehead atoms. The molecular formula is C35H32N2O4. The number of esters is 1. The molecule has 0 aliphatic carbocycles. The molecule has 0 aliphatic rings. The molecule has 6 heteroatoms. The summed E-state index contributed by atoms with van der Waals surface area (Å²) in [7, 11) is 0. The summed E-state index contributed by atoms with van der Waals surface area (Å²) >= 11 is 0. The van der Waals surface area contributed by atoms with E-state index in [0.717, 1.165) is 33.8 Å². The largest absolute Gasteiger partial charge is 0.506 e. The van der Waals surface area contributed by atoms with Crippen LogP contribution in [-0.2, 0) is 10.2 Å². The Balaban J connectivity index is 1.88. The summed E-state index contributed by atoms with van der Waals surface area (Å²) < 4.78 is 7.16. The van der Waals surface area contributed by atoms with E-state index in [1.165, 1.54) is 0 Å². The van der Waals surface area contributed by atoms with Crippen molar-refractivity contribution in [3.8, 4) is 45.3 Å². The lowest BCUT2D eigenvalue weighted by molar-refractivity contribution is 0.0526. The maximum atomic E-state index is 12.4. The van der Waals surface area contributed by atoms with Crippen LogP contribution in [0.15, 0.2) is 97.1 Å². The number of benzene rings is 4. The fraction of sp³-hybridized carbons (Fsp3) is 0.171. The van der Waals surface area contributed by atoms with E-state index in [-0.39, 0.29) is 23.3 Å². The molecule has 0 saturated heterocycles. The van der Waals surface area contributed by atoms with Gasteiger partial charge in [0.05, 0.1) is 34.7 Å². The fourth-order valence-electron chi connectivity index (χ4n) is 4.82. The van der Waals surface area contributed by atoms with Crippen molar-refractivity contribution < 1.29 is 19.4 Å². The lowest BCUT2D eigenvalue weighted by atomic mass is 9.84. The third-order valence-corrected chi connectivity index (χ3v) is 6.98. The van der Waals surface area contributed by atoms with Crippen LogP contribution in [0.5, 0.6) is 5.75 Å². The van der Waals surface area contributed by atoms with Crippen LogP contribution in [0, 0.1) is 0 Å². The van der Waals surface area contributed by atoms with Gasteiger partial charge in [0, 0.05) is 16.8 Å². The SMILES string of the molecule is CCOC(=O)c1ccc(-n2c(-c3cc(C(C)(C)C)cc(C=O)c3O)nc(-c3ccccc3)c2-c2ccccc2)cc1. The molecule has 5 aromatic rings. The summed E-state index contributed by atoms with van der Waals surface area (Å²) in [6.45, 7) is 8.23. The number of imidazole rings is 1. The number of aromatic hydroxyl groups is 1. The number of aldehydes is 1. The van der Waals surface area contributed by atoms with Crippen LogP contribution in [-0.4, -0.2) is 33.5 Å². The highest BCUT2D eigenvalue weighted by Gasteiger charge is 2.27. The monoisotopic (exact) mass is 544 g/mol. The lowest BCUT2D eigenvalue weighted by Gasteiger charge is -2.22. The van der Waals surface area contributed by atoms with Crippen LogP contribution >= 0.6 is 0 Å². The second-order valence-corrected chi connectivity index (χ2v) is 10.8. The molecule has 0 amide bonds. The molecule has 1 N–H and O–H groups in total. The minimum atomic E-state index is -0.399. The Morgan fingerprint density at radius 2 is 1.51 bits per heavy atom. The molecule has 0 fully saturated rings. The second-order valence-electron chi connectivity index (χ2n) is 10.8. The summed E-state index contributed by atoms with van der Waals surface area (Å²) in [5.74, 6) is -0.0655. The Morgan fingerprint density at radius 3 is 2.07 bits per heavy atom. The topological polar surface area (TPSA) is 81.4 Å². The van der Waals surface area contributed by atoms with Crippen molar-refractivity contribution in [2.45, 2.75) is 33.1 Å². The van der Waals surface area contributed by atoms with Crippen LogP contribution in [0.1, 0.15) is 54.0 Å². The van der Waals surface area contributed by atoms with Crippen LogP contribution in [0.4, 0.5) is 0 Å². The number of hydrogen-bond acceptors (Lipinski definition) is 5. The van der Waals surface area contributed by atoms with Crippen LogP contribution < -0.4 is 0 Å². The maximum absolute atomic E-state index is 12.4. The number of carbonyl (C=O) groups is 2.